The van der Waals surface area contributed by atoms with Crippen LogP contribution >= 0.6 is 0 Å². The molecule has 1 aromatic rings. The number of carboxylic acids is 1. The Morgan fingerprint density at radius 2 is 1.52 bits per heavy atom. The lowest BCUT2D eigenvalue weighted by molar-refractivity contribution is -0.149. The van der Waals surface area contributed by atoms with Crippen LogP contribution in [0.2, 0.25) is 0 Å². The average molecular weight is 289 g/mol. The van der Waals surface area contributed by atoms with Crippen molar-refractivity contribution in [1.29, 1.82) is 0 Å². The fraction of sp³-hybridized carbons (Fsp3) is 0.333. The van der Waals surface area contributed by atoms with Crippen LogP contribution in [0.4, 0.5) is 0 Å². The molecule has 0 saturated heterocycles. The molecule has 0 aromatic heterocycles. The maximum atomic E-state index is 12.0. The first-order valence-corrected chi connectivity index (χ1v) is 6.73. The van der Waals surface area contributed by atoms with Crippen LogP contribution in [0.1, 0.15) is 46.4 Å². The van der Waals surface area contributed by atoms with Crippen LogP contribution in [0.25, 0.3) is 0 Å². The Balaban J connectivity index is 1.81. The summed E-state index contributed by atoms with van der Waals surface area (Å²) in [6.07, 6.45) is 1.57. The minimum Gasteiger partial charge on any atom is -0.476 e. The number of carbonyl (C=O) groups is 4. The number of nitrogens with zero attached hydrogens (tertiary/aromatic N) is 1. The summed E-state index contributed by atoms with van der Waals surface area (Å²) in [5, 5.41) is 8.43. The van der Waals surface area contributed by atoms with E-state index in [1.54, 1.807) is 24.3 Å². The van der Waals surface area contributed by atoms with E-state index >= 15 is 0 Å². The summed E-state index contributed by atoms with van der Waals surface area (Å²) >= 11 is 0. The van der Waals surface area contributed by atoms with Crippen molar-refractivity contribution in [3.05, 3.63) is 35.4 Å². The summed E-state index contributed by atoms with van der Waals surface area (Å²) in [5.74, 6) is -2.82. The highest BCUT2D eigenvalue weighted by atomic mass is 16.4. The molecule has 0 unspecified atom stereocenters. The van der Waals surface area contributed by atoms with Crippen molar-refractivity contribution in [1.82, 2.24) is 4.90 Å². The van der Waals surface area contributed by atoms with Crippen molar-refractivity contribution in [2.24, 2.45) is 0 Å². The van der Waals surface area contributed by atoms with Gasteiger partial charge in [0.15, 0.2) is 0 Å². The predicted molar refractivity (Wildman–Crippen MR) is 72.9 cm³/mol. The largest absolute Gasteiger partial charge is 0.476 e. The zero-order chi connectivity index (χ0) is 15.4. The molecule has 0 spiro atoms. The van der Waals surface area contributed by atoms with Gasteiger partial charge < -0.3 is 5.11 Å². The number of unbranched alkanes of at least 4 members (excludes halogenated alkanes) is 2. The van der Waals surface area contributed by atoms with Gasteiger partial charge in [-0.25, -0.2) is 4.79 Å². The molecule has 110 valence electrons. The third kappa shape index (κ3) is 3.16. The van der Waals surface area contributed by atoms with Crippen LogP contribution in [0.5, 0.6) is 0 Å². The zero-order valence-electron chi connectivity index (χ0n) is 11.4. The molecule has 0 fully saturated rings. The van der Waals surface area contributed by atoms with Gasteiger partial charge in [-0.15, -0.1) is 0 Å². The average Bonchev–Trinajstić information content (AvgIpc) is 2.71. The molecule has 0 bridgehead atoms. The number of imide groups is 1. The molecular weight excluding hydrogens is 274 g/mol. The van der Waals surface area contributed by atoms with E-state index in [0.717, 1.165) is 0 Å². The molecule has 1 heterocycles. The van der Waals surface area contributed by atoms with Crippen molar-refractivity contribution in [3.8, 4) is 0 Å². The van der Waals surface area contributed by atoms with Gasteiger partial charge in [-0.05, 0) is 25.0 Å². The number of Topliss-reactive ketones (excluding diaryl/α,β-unsaturated/α-hetero) is 1. The predicted octanol–water partition coefficient (Wildman–Crippen LogP) is 1.50. The van der Waals surface area contributed by atoms with Gasteiger partial charge in [0, 0.05) is 13.0 Å². The van der Waals surface area contributed by atoms with Crippen LogP contribution in [0.3, 0.4) is 0 Å². The van der Waals surface area contributed by atoms with E-state index in [-0.39, 0.29) is 24.8 Å². The van der Waals surface area contributed by atoms with Gasteiger partial charge in [0.25, 0.3) is 11.8 Å². The smallest absolute Gasteiger partial charge is 0.372 e. The summed E-state index contributed by atoms with van der Waals surface area (Å²) in [7, 11) is 0. The number of rotatable bonds is 7. The van der Waals surface area contributed by atoms with E-state index in [4.69, 9.17) is 5.11 Å². The first-order chi connectivity index (χ1) is 10.0. The van der Waals surface area contributed by atoms with Crippen molar-refractivity contribution >= 4 is 23.6 Å². The molecule has 1 N–H and O–H groups in total. The number of ketones is 1. The van der Waals surface area contributed by atoms with E-state index < -0.39 is 11.8 Å². The van der Waals surface area contributed by atoms with Crippen LogP contribution in [-0.2, 0) is 9.59 Å². The second-order valence-corrected chi connectivity index (χ2v) is 4.85. The Labute approximate surface area is 121 Å². The van der Waals surface area contributed by atoms with E-state index in [9.17, 15) is 19.2 Å². The molecule has 0 saturated carbocycles. The molecule has 2 rings (SSSR count). The molecule has 0 atom stereocenters. The highest BCUT2D eigenvalue weighted by molar-refractivity contribution is 6.32. The Kier molecular flexibility index (Phi) is 4.47. The fourth-order valence-corrected chi connectivity index (χ4v) is 2.28. The molecule has 2 amide bonds. The first-order valence-electron chi connectivity index (χ1n) is 6.73. The van der Waals surface area contributed by atoms with Gasteiger partial charge in [0.2, 0.25) is 5.78 Å². The van der Waals surface area contributed by atoms with Crippen LogP contribution in [-0.4, -0.2) is 40.1 Å². The number of fused-ring (bicyclic) bond motifs is 1. The summed E-state index contributed by atoms with van der Waals surface area (Å²) in [6, 6.07) is 6.68. The SMILES string of the molecule is O=C(O)C(=O)CCCCCN1C(=O)c2ccccc2C1=O. The lowest BCUT2D eigenvalue weighted by Crippen LogP contribution is -2.30. The molecular formula is C15H15NO5. The standard InChI is InChI=1S/C15H15NO5/c17-12(15(20)21)8-2-1-5-9-16-13(18)10-6-3-4-7-11(10)14(16)19/h3-4,6-7H,1-2,5,8-9H2,(H,20,21). The molecule has 6 nitrogen and oxygen atoms in total. The summed E-state index contributed by atoms with van der Waals surface area (Å²) in [6.45, 7) is 0.285. The molecule has 1 aliphatic rings. The molecule has 1 aromatic carbocycles. The number of hydrogen-bond acceptors (Lipinski definition) is 4. The first kappa shape index (κ1) is 14.9. The zero-order valence-corrected chi connectivity index (χ0v) is 11.4. The summed E-state index contributed by atoms with van der Waals surface area (Å²) in [4.78, 5) is 46.5. The Morgan fingerprint density at radius 3 is 2.05 bits per heavy atom. The second kappa shape index (κ2) is 6.30. The topological polar surface area (TPSA) is 91.8 Å². The second-order valence-electron chi connectivity index (χ2n) is 4.85. The number of carboxylic acid groups (broad SMARTS) is 1. The van der Waals surface area contributed by atoms with Crippen molar-refractivity contribution in [2.75, 3.05) is 6.54 Å². The van der Waals surface area contributed by atoms with Crippen molar-refractivity contribution < 1.29 is 24.3 Å². The summed E-state index contributed by atoms with van der Waals surface area (Å²) in [5.41, 5.74) is 0.840. The van der Waals surface area contributed by atoms with E-state index in [2.05, 4.69) is 0 Å². The third-order valence-electron chi connectivity index (χ3n) is 3.40. The molecule has 0 radical (unpaired) electrons. The molecule has 21 heavy (non-hydrogen) atoms. The maximum Gasteiger partial charge on any atom is 0.372 e. The van der Waals surface area contributed by atoms with Gasteiger partial charge in [-0.3, -0.25) is 19.3 Å². The van der Waals surface area contributed by atoms with Gasteiger partial charge >= 0.3 is 5.97 Å². The number of hydrogen-bond donors (Lipinski definition) is 1. The van der Waals surface area contributed by atoms with E-state index in [1.165, 1.54) is 4.90 Å². The van der Waals surface area contributed by atoms with Crippen molar-refractivity contribution in [2.45, 2.75) is 25.7 Å². The number of benzene rings is 1. The van der Waals surface area contributed by atoms with Gasteiger partial charge in [0.1, 0.15) is 0 Å². The third-order valence-corrected chi connectivity index (χ3v) is 3.40. The quantitative estimate of drug-likeness (QED) is 0.466. The van der Waals surface area contributed by atoms with Gasteiger partial charge in [0.05, 0.1) is 11.1 Å². The maximum absolute atomic E-state index is 12.0. The number of carbonyl (C=O) groups excluding carboxylic acids is 3. The van der Waals surface area contributed by atoms with Crippen LogP contribution in [0, 0.1) is 0 Å². The lowest BCUT2D eigenvalue weighted by Gasteiger charge is -2.13. The lowest BCUT2D eigenvalue weighted by atomic mass is 10.1. The highest BCUT2D eigenvalue weighted by Crippen LogP contribution is 2.22. The molecule has 0 aliphatic carbocycles. The normalized spacial score (nSPS) is 13.4. The molecule has 1 aliphatic heterocycles. The minimum absolute atomic E-state index is 0.0164. The number of amides is 2. The number of aliphatic carboxylic acids is 1. The van der Waals surface area contributed by atoms with Crippen molar-refractivity contribution in [3.63, 3.8) is 0 Å². The highest BCUT2D eigenvalue weighted by Gasteiger charge is 2.34. The van der Waals surface area contributed by atoms with Gasteiger partial charge in [-0.2, -0.15) is 0 Å². The Morgan fingerprint density at radius 1 is 0.952 bits per heavy atom. The van der Waals surface area contributed by atoms with Crippen LogP contribution in [0.15, 0.2) is 24.3 Å². The van der Waals surface area contributed by atoms with Gasteiger partial charge in [-0.1, -0.05) is 18.6 Å². The molecule has 6 heteroatoms. The Hall–Kier alpha value is -2.50. The Bertz CT molecular complexity index is 573. The fourth-order valence-electron chi connectivity index (χ4n) is 2.28. The summed E-state index contributed by atoms with van der Waals surface area (Å²) < 4.78 is 0. The van der Waals surface area contributed by atoms with E-state index in [1.807, 2.05) is 0 Å². The van der Waals surface area contributed by atoms with Crippen LogP contribution < -0.4 is 0 Å². The van der Waals surface area contributed by atoms with E-state index in [0.29, 0.717) is 30.4 Å². The minimum atomic E-state index is -1.42. The monoisotopic (exact) mass is 289 g/mol.